The Labute approximate surface area is 134 Å². The van der Waals surface area contributed by atoms with Crippen LogP contribution in [0.25, 0.3) is 0 Å². The minimum atomic E-state index is -0.590. The Morgan fingerprint density at radius 1 is 1.30 bits per heavy atom. The molecule has 3 rings (SSSR count). The van der Waals surface area contributed by atoms with Gasteiger partial charge in [0.1, 0.15) is 12.4 Å². The molecule has 0 radical (unpaired) electrons. The molecule has 1 saturated heterocycles. The summed E-state index contributed by atoms with van der Waals surface area (Å²) in [5, 5.41) is 8.70. The highest BCUT2D eigenvalue weighted by Gasteiger charge is 2.28. The van der Waals surface area contributed by atoms with Crippen molar-refractivity contribution >= 4 is 11.8 Å². The summed E-state index contributed by atoms with van der Waals surface area (Å²) in [6.45, 7) is 2.54. The molecule has 124 valence electrons. The summed E-state index contributed by atoms with van der Waals surface area (Å²) in [6.07, 6.45) is 1.77. The first kappa shape index (κ1) is 15.8. The fraction of sp³-hybridized carbons (Fsp3) is 0.500. The zero-order chi connectivity index (χ0) is 16.2. The first-order valence-corrected chi connectivity index (χ1v) is 7.75. The number of amides is 2. The van der Waals surface area contributed by atoms with Gasteiger partial charge in [0.05, 0.1) is 19.1 Å². The van der Waals surface area contributed by atoms with E-state index in [9.17, 15) is 9.59 Å². The molecule has 0 unspecified atom stereocenters. The van der Waals surface area contributed by atoms with Crippen LogP contribution in [0.15, 0.2) is 18.2 Å². The van der Waals surface area contributed by atoms with Crippen LogP contribution in [-0.2, 0) is 16.1 Å². The Hall–Kier alpha value is -2.12. The maximum absolute atomic E-state index is 12.6. The van der Waals surface area contributed by atoms with Crippen molar-refractivity contribution in [3.63, 3.8) is 0 Å². The number of nitrogens with zero attached hydrogens (tertiary/aromatic N) is 1. The fourth-order valence-electron chi connectivity index (χ4n) is 2.96. The zero-order valence-corrected chi connectivity index (χ0v) is 12.8. The molecule has 0 bridgehead atoms. The van der Waals surface area contributed by atoms with E-state index in [1.54, 1.807) is 28.6 Å². The van der Waals surface area contributed by atoms with Gasteiger partial charge in [-0.3, -0.25) is 14.8 Å². The van der Waals surface area contributed by atoms with Gasteiger partial charge < -0.3 is 14.4 Å². The second-order valence-electron chi connectivity index (χ2n) is 5.79. The van der Waals surface area contributed by atoms with Gasteiger partial charge in [-0.15, -0.1) is 0 Å². The molecular formula is C16H20N2O5. The molecule has 1 fully saturated rings. The SMILES string of the molecule is O=C(NO)c1ccc2c(c1)OCCN(C(=O)[C@@H]1CCCOC1)C2. The maximum atomic E-state index is 12.6. The number of rotatable bonds is 2. The molecular weight excluding hydrogens is 300 g/mol. The van der Waals surface area contributed by atoms with E-state index >= 15 is 0 Å². The first-order valence-electron chi connectivity index (χ1n) is 7.75. The van der Waals surface area contributed by atoms with Crippen LogP contribution in [0.1, 0.15) is 28.8 Å². The minimum absolute atomic E-state index is 0.0789. The normalized spacial score (nSPS) is 20.9. The van der Waals surface area contributed by atoms with Gasteiger partial charge >= 0.3 is 0 Å². The van der Waals surface area contributed by atoms with E-state index in [4.69, 9.17) is 14.7 Å². The summed E-state index contributed by atoms with van der Waals surface area (Å²) in [7, 11) is 0. The third kappa shape index (κ3) is 3.46. The van der Waals surface area contributed by atoms with Crippen LogP contribution in [0.5, 0.6) is 5.75 Å². The summed E-state index contributed by atoms with van der Waals surface area (Å²) >= 11 is 0. The number of hydroxylamine groups is 1. The molecule has 0 saturated carbocycles. The van der Waals surface area contributed by atoms with Crippen molar-refractivity contribution in [2.45, 2.75) is 19.4 Å². The number of benzene rings is 1. The second-order valence-corrected chi connectivity index (χ2v) is 5.79. The Bertz CT molecular complexity index is 598. The van der Waals surface area contributed by atoms with Crippen molar-refractivity contribution in [2.24, 2.45) is 5.92 Å². The number of fused-ring (bicyclic) bond motifs is 1. The van der Waals surface area contributed by atoms with E-state index in [0.29, 0.717) is 37.6 Å². The molecule has 0 aromatic heterocycles. The van der Waals surface area contributed by atoms with E-state index < -0.39 is 5.91 Å². The molecule has 2 aliphatic heterocycles. The second kappa shape index (κ2) is 6.97. The lowest BCUT2D eigenvalue weighted by Gasteiger charge is -2.28. The van der Waals surface area contributed by atoms with Crippen molar-refractivity contribution in [1.29, 1.82) is 0 Å². The number of carbonyl (C=O) groups is 2. The van der Waals surface area contributed by atoms with Crippen LogP contribution < -0.4 is 10.2 Å². The van der Waals surface area contributed by atoms with E-state index in [2.05, 4.69) is 0 Å². The van der Waals surface area contributed by atoms with Gasteiger partial charge in [-0.1, -0.05) is 6.07 Å². The minimum Gasteiger partial charge on any atom is -0.491 e. The van der Waals surface area contributed by atoms with Crippen LogP contribution >= 0.6 is 0 Å². The predicted molar refractivity (Wildman–Crippen MR) is 80.1 cm³/mol. The van der Waals surface area contributed by atoms with Gasteiger partial charge in [-0.25, -0.2) is 5.48 Å². The van der Waals surface area contributed by atoms with Crippen molar-refractivity contribution in [3.8, 4) is 5.75 Å². The number of nitrogens with one attached hydrogen (secondary N) is 1. The third-order valence-corrected chi connectivity index (χ3v) is 4.23. The lowest BCUT2D eigenvalue weighted by Crippen LogP contribution is -2.40. The molecule has 0 spiro atoms. The molecule has 7 heteroatoms. The predicted octanol–water partition coefficient (Wildman–Crippen LogP) is 0.953. The van der Waals surface area contributed by atoms with Crippen molar-refractivity contribution < 1.29 is 24.3 Å². The topological polar surface area (TPSA) is 88.1 Å². The zero-order valence-electron chi connectivity index (χ0n) is 12.8. The van der Waals surface area contributed by atoms with E-state index in [1.165, 1.54) is 0 Å². The molecule has 2 heterocycles. The number of ether oxygens (including phenoxy) is 2. The van der Waals surface area contributed by atoms with Crippen LogP contribution in [0.3, 0.4) is 0 Å². The number of carbonyl (C=O) groups excluding carboxylic acids is 2. The van der Waals surface area contributed by atoms with Crippen LogP contribution in [0, 0.1) is 5.92 Å². The molecule has 1 atom stereocenters. The monoisotopic (exact) mass is 320 g/mol. The summed E-state index contributed by atoms with van der Waals surface area (Å²) in [6, 6.07) is 4.94. The number of hydrogen-bond acceptors (Lipinski definition) is 5. The largest absolute Gasteiger partial charge is 0.491 e. The number of hydrogen-bond donors (Lipinski definition) is 2. The standard InChI is InChI=1S/C16H20N2O5/c19-15(17-21)11-3-4-12-9-18(5-7-23-14(12)8-11)16(20)13-2-1-6-22-10-13/h3-4,8,13,21H,1-2,5-7,9-10H2,(H,17,19)/t13-/m1/s1. The fourth-order valence-corrected chi connectivity index (χ4v) is 2.96. The average molecular weight is 320 g/mol. The van der Waals surface area contributed by atoms with Gasteiger partial charge in [-0.05, 0) is 25.0 Å². The third-order valence-electron chi connectivity index (χ3n) is 4.23. The molecule has 1 aromatic carbocycles. The smallest absolute Gasteiger partial charge is 0.274 e. The molecule has 2 N–H and O–H groups in total. The lowest BCUT2D eigenvalue weighted by molar-refractivity contribution is -0.140. The van der Waals surface area contributed by atoms with Gasteiger partial charge in [0.25, 0.3) is 5.91 Å². The van der Waals surface area contributed by atoms with E-state index in [1.807, 2.05) is 0 Å². The van der Waals surface area contributed by atoms with Gasteiger partial charge in [0.2, 0.25) is 5.91 Å². The Balaban J connectivity index is 1.75. The quantitative estimate of drug-likeness (QED) is 0.626. The highest BCUT2D eigenvalue weighted by atomic mass is 16.5. The molecule has 0 aliphatic carbocycles. The van der Waals surface area contributed by atoms with Gasteiger partial charge in [0.15, 0.2) is 0 Å². The van der Waals surface area contributed by atoms with Gasteiger partial charge in [0, 0.05) is 24.3 Å². The Kier molecular flexibility index (Phi) is 4.78. The van der Waals surface area contributed by atoms with Crippen molar-refractivity contribution in [2.75, 3.05) is 26.4 Å². The Morgan fingerprint density at radius 2 is 2.17 bits per heavy atom. The molecule has 23 heavy (non-hydrogen) atoms. The summed E-state index contributed by atoms with van der Waals surface area (Å²) < 4.78 is 11.1. The Morgan fingerprint density at radius 3 is 2.91 bits per heavy atom. The molecule has 2 amide bonds. The first-order chi connectivity index (χ1) is 11.2. The lowest BCUT2D eigenvalue weighted by atomic mass is 10.00. The highest BCUT2D eigenvalue weighted by molar-refractivity contribution is 5.93. The van der Waals surface area contributed by atoms with Gasteiger partial charge in [-0.2, -0.15) is 0 Å². The van der Waals surface area contributed by atoms with Crippen LogP contribution in [-0.4, -0.2) is 48.3 Å². The van der Waals surface area contributed by atoms with Crippen molar-refractivity contribution in [1.82, 2.24) is 10.4 Å². The molecule has 2 aliphatic rings. The van der Waals surface area contributed by atoms with Crippen LogP contribution in [0.2, 0.25) is 0 Å². The maximum Gasteiger partial charge on any atom is 0.274 e. The van der Waals surface area contributed by atoms with Crippen molar-refractivity contribution in [3.05, 3.63) is 29.3 Å². The van der Waals surface area contributed by atoms with E-state index in [0.717, 1.165) is 25.0 Å². The van der Waals surface area contributed by atoms with Crippen LogP contribution in [0.4, 0.5) is 0 Å². The van der Waals surface area contributed by atoms with E-state index in [-0.39, 0.29) is 11.8 Å². The summed E-state index contributed by atoms with van der Waals surface area (Å²) in [4.78, 5) is 25.9. The average Bonchev–Trinajstić information content (AvgIpc) is 2.82. The summed E-state index contributed by atoms with van der Waals surface area (Å²) in [5.74, 6) is -0.00250. The highest BCUT2D eigenvalue weighted by Crippen LogP contribution is 2.26. The molecule has 1 aromatic rings. The molecule has 7 nitrogen and oxygen atoms in total. The summed E-state index contributed by atoms with van der Waals surface area (Å²) in [5.41, 5.74) is 2.76.